The van der Waals surface area contributed by atoms with Gasteiger partial charge in [-0.15, -0.1) is 0 Å². The van der Waals surface area contributed by atoms with Crippen LogP contribution in [0.15, 0.2) is 77.8 Å². The van der Waals surface area contributed by atoms with Crippen molar-refractivity contribution in [1.29, 1.82) is 0 Å². The summed E-state index contributed by atoms with van der Waals surface area (Å²) in [6.45, 7) is 5.37. The Morgan fingerprint density at radius 1 is 0.900 bits per heavy atom. The highest BCUT2D eigenvalue weighted by atomic mass is 35.5. The fourth-order valence-electron chi connectivity index (χ4n) is 5.59. The van der Waals surface area contributed by atoms with Crippen LogP contribution in [0.3, 0.4) is 0 Å². The molecule has 0 aromatic heterocycles. The highest BCUT2D eigenvalue weighted by Gasteiger charge is 2.45. The molecule has 6 nitrogen and oxygen atoms in total. The summed E-state index contributed by atoms with van der Waals surface area (Å²) in [5.41, 5.74) is 2.73. The monoisotopic (exact) mass is 578 g/mol. The molecule has 0 spiro atoms. The number of nitrogens with zero attached hydrogens (tertiary/aromatic N) is 4. The lowest BCUT2D eigenvalue weighted by Crippen LogP contribution is -2.51. The van der Waals surface area contributed by atoms with Crippen LogP contribution in [0.5, 0.6) is 5.75 Å². The van der Waals surface area contributed by atoms with Crippen LogP contribution in [0, 0.1) is 0 Å². The molecule has 3 aromatic rings. The lowest BCUT2D eigenvalue weighted by atomic mass is 9.93. The number of rotatable bonds is 6. The van der Waals surface area contributed by atoms with Crippen molar-refractivity contribution in [2.75, 3.05) is 27.2 Å². The van der Waals surface area contributed by atoms with Gasteiger partial charge in [0.25, 0.3) is 0 Å². The maximum atomic E-state index is 14.5. The van der Waals surface area contributed by atoms with Gasteiger partial charge in [0.1, 0.15) is 17.6 Å². The number of hydrogen-bond donors (Lipinski definition) is 0. The molecule has 2 amide bonds. The first kappa shape index (κ1) is 28.5. The molecule has 0 bridgehead atoms. The third-order valence-electron chi connectivity index (χ3n) is 7.65. The van der Waals surface area contributed by atoms with Gasteiger partial charge in [0.15, 0.2) is 0 Å². The molecular formula is C32H36Cl2N4O2. The van der Waals surface area contributed by atoms with Gasteiger partial charge in [-0.1, -0.05) is 59.6 Å². The first-order chi connectivity index (χ1) is 19.2. The SMILES string of the molecule is CC(C)Oc1ccccc1C1=NC(c2ccc(Cl)cc2)C(c2ccc(Cl)cc2)N1C(=O)N1CCC(N(C)C)CC1. The number of carbonyl (C=O) groups is 1. The second-order valence-corrected chi connectivity index (χ2v) is 11.8. The van der Waals surface area contributed by atoms with Crippen LogP contribution in [0.4, 0.5) is 4.79 Å². The van der Waals surface area contributed by atoms with Crippen LogP contribution in [-0.4, -0.2) is 65.9 Å². The van der Waals surface area contributed by atoms with Gasteiger partial charge in [-0.2, -0.15) is 0 Å². The van der Waals surface area contributed by atoms with E-state index in [9.17, 15) is 4.79 Å². The lowest BCUT2D eigenvalue weighted by molar-refractivity contribution is 0.127. The zero-order valence-electron chi connectivity index (χ0n) is 23.4. The number of urea groups is 1. The van der Waals surface area contributed by atoms with Crippen molar-refractivity contribution >= 4 is 35.1 Å². The number of piperidine rings is 1. The van der Waals surface area contributed by atoms with E-state index in [1.165, 1.54) is 0 Å². The van der Waals surface area contributed by atoms with Crippen LogP contribution in [-0.2, 0) is 0 Å². The Morgan fingerprint density at radius 3 is 2.05 bits per heavy atom. The van der Waals surface area contributed by atoms with Gasteiger partial charge in [-0.05, 0) is 88.3 Å². The highest BCUT2D eigenvalue weighted by Crippen LogP contribution is 2.45. The summed E-state index contributed by atoms with van der Waals surface area (Å²) < 4.78 is 6.21. The molecule has 0 N–H and O–H groups in total. The van der Waals surface area contributed by atoms with E-state index in [4.69, 9.17) is 32.9 Å². The Morgan fingerprint density at radius 2 is 1.48 bits per heavy atom. The van der Waals surface area contributed by atoms with E-state index in [-0.39, 0.29) is 24.2 Å². The van der Waals surface area contributed by atoms with Gasteiger partial charge >= 0.3 is 6.03 Å². The quantitative estimate of drug-likeness (QED) is 0.305. The Labute approximate surface area is 247 Å². The molecular weight excluding hydrogens is 543 g/mol. The summed E-state index contributed by atoms with van der Waals surface area (Å²) in [7, 11) is 4.21. The van der Waals surface area contributed by atoms with Crippen molar-refractivity contribution < 1.29 is 9.53 Å². The third kappa shape index (κ3) is 5.99. The number of hydrogen-bond acceptors (Lipinski definition) is 4. The molecule has 8 heteroatoms. The summed E-state index contributed by atoms with van der Waals surface area (Å²) in [5.74, 6) is 1.31. The Balaban J connectivity index is 1.63. The van der Waals surface area contributed by atoms with Crippen molar-refractivity contribution in [3.8, 4) is 5.75 Å². The zero-order valence-corrected chi connectivity index (χ0v) is 24.9. The van der Waals surface area contributed by atoms with E-state index in [1.807, 2.05) is 96.4 Å². The molecule has 3 aromatic carbocycles. The van der Waals surface area contributed by atoms with Crippen molar-refractivity contribution in [3.63, 3.8) is 0 Å². The second kappa shape index (κ2) is 12.2. The summed E-state index contributed by atoms with van der Waals surface area (Å²) in [5, 5.41) is 1.30. The molecule has 0 aliphatic carbocycles. The minimum Gasteiger partial charge on any atom is -0.490 e. The predicted molar refractivity (Wildman–Crippen MR) is 163 cm³/mol. The molecule has 1 fully saturated rings. The van der Waals surface area contributed by atoms with Gasteiger partial charge in [0, 0.05) is 29.2 Å². The largest absolute Gasteiger partial charge is 0.490 e. The first-order valence-corrected chi connectivity index (χ1v) is 14.6. The molecule has 2 aliphatic heterocycles. The minimum atomic E-state index is -0.375. The minimum absolute atomic E-state index is 0.0310. The average Bonchev–Trinajstić information content (AvgIpc) is 3.34. The normalized spacial score (nSPS) is 19.9. The van der Waals surface area contributed by atoms with Crippen LogP contribution in [0.1, 0.15) is 55.5 Å². The lowest BCUT2D eigenvalue weighted by Gasteiger charge is -2.39. The Hall–Kier alpha value is -3.06. The maximum absolute atomic E-state index is 14.5. The number of aliphatic imine (C=N–C) groups is 1. The van der Waals surface area contributed by atoms with Crippen LogP contribution < -0.4 is 4.74 Å². The smallest absolute Gasteiger partial charge is 0.326 e. The summed E-state index contributed by atoms with van der Waals surface area (Å²) in [6, 6.07) is 23.0. The van der Waals surface area contributed by atoms with E-state index >= 15 is 0 Å². The number of amides is 2. The number of benzene rings is 3. The van der Waals surface area contributed by atoms with Crippen molar-refractivity contribution in [2.45, 2.75) is 50.9 Å². The van der Waals surface area contributed by atoms with Gasteiger partial charge < -0.3 is 14.5 Å². The molecule has 2 heterocycles. The van der Waals surface area contributed by atoms with Crippen LogP contribution in [0.2, 0.25) is 10.0 Å². The zero-order chi connectivity index (χ0) is 28.4. The first-order valence-electron chi connectivity index (χ1n) is 13.8. The molecule has 210 valence electrons. The molecule has 40 heavy (non-hydrogen) atoms. The molecule has 0 radical (unpaired) electrons. The number of likely N-dealkylation sites (tertiary alicyclic amines) is 1. The average molecular weight is 580 g/mol. The van der Waals surface area contributed by atoms with E-state index < -0.39 is 0 Å². The highest BCUT2D eigenvalue weighted by molar-refractivity contribution is 6.30. The van der Waals surface area contributed by atoms with E-state index in [0.29, 0.717) is 40.8 Å². The fraction of sp³-hybridized carbons (Fsp3) is 0.375. The van der Waals surface area contributed by atoms with E-state index in [2.05, 4.69) is 19.0 Å². The Bertz CT molecular complexity index is 1350. The standard InChI is InChI=1S/C32H36Cl2N4O2/c1-21(2)40-28-8-6-5-7-27(28)31-35-29(22-9-13-24(33)14-10-22)30(23-11-15-25(34)16-12-23)38(31)32(39)37-19-17-26(18-20-37)36(3)4/h5-16,21,26,29-30H,17-20H2,1-4H3. The van der Waals surface area contributed by atoms with Crippen molar-refractivity contribution in [3.05, 3.63) is 99.5 Å². The van der Waals surface area contributed by atoms with Gasteiger partial charge in [0.05, 0.1) is 17.7 Å². The maximum Gasteiger partial charge on any atom is 0.326 e. The summed E-state index contributed by atoms with van der Waals surface area (Å²) >= 11 is 12.5. The number of amidine groups is 1. The third-order valence-corrected chi connectivity index (χ3v) is 8.16. The van der Waals surface area contributed by atoms with Gasteiger partial charge in [-0.25, -0.2) is 4.79 Å². The molecule has 0 saturated carbocycles. The number of ether oxygens (including phenoxy) is 1. The summed E-state index contributed by atoms with van der Waals surface area (Å²) in [4.78, 5) is 25.9. The molecule has 1 saturated heterocycles. The van der Waals surface area contributed by atoms with Gasteiger partial charge in [-0.3, -0.25) is 9.89 Å². The van der Waals surface area contributed by atoms with E-state index in [1.54, 1.807) is 0 Å². The molecule has 5 rings (SSSR count). The van der Waals surface area contributed by atoms with E-state index in [0.717, 1.165) is 29.5 Å². The number of carbonyl (C=O) groups excluding carboxylic acids is 1. The fourth-order valence-corrected chi connectivity index (χ4v) is 5.84. The second-order valence-electron chi connectivity index (χ2n) is 10.9. The van der Waals surface area contributed by atoms with Gasteiger partial charge in [0.2, 0.25) is 0 Å². The molecule has 2 aliphatic rings. The Kier molecular flexibility index (Phi) is 8.69. The number of halogens is 2. The van der Waals surface area contributed by atoms with Crippen molar-refractivity contribution in [2.24, 2.45) is 4.99 Å². The predicted octanol–water partition coefficient (Wildman–Crippen LogP) is 7.47. The van der Waals surface area contributed by atoms with Crippen LogP contribution >= 0.6 is 23.2 Å². The number of para-hydroxylation sites is 1. The topological polar surface area (TPSA) is 48.4 Å². The molecule has 2 unspecified atom stereocenters. The molecule has 2 atom stereocenters. The van der Waals surface area contributed by atoms with Crippen molar-refractivity contribution in [1.82, 2.24) is 14.7 Å². The van der Waals surface area contributed by atoms with Crippen LogP contribution in [0.25, 0.3) is 0 Å². The summed E-state index contributed by atoms with van der Waals surface area (Å²) in [6.07, 6.45) is 1.83.